The van der Waals surface area contributed by atoms with Gasteiger partial charge < -0.3 is 10.1 Å². The van der Waals surface area contributed by atoms with Crippen LogP contribution in [0.4, 0.5) is 5.82 Å². The van der Waals surface area contributed by atoms with E-state index in [9.17, 15) is 4.79 Å². The van der Waals surface area contributed by atoms with E-state index in [1.807, 2.05) is 27.0 Å². The minimum Gasteiger partial charge on any atom is -0.376 e. The Balaban J connectivity index is 1.92. The molecule has 1 aromatic rings. The molecule has 0 aliphatic carbocycles. The van der Waals surface area contributed by atoms with Crippen molar-refractivity contribution in [2.45, 2.75) is 32.9 Å². The van der Waals surface area contributed by atoms with Crippen LogP contribution < -0.4 is 5.32 Å². The van der Waals surface area contributed by atoms with E-state index in [-0.39, 0.29) is 18.1 Å². The van der Waals surface area contributed by atoms with Gasteiger partial charge in [-0.1, -0.05) is 0 Å². The summed E-state index contributed by atoms with van der Waals surface area (Å²) in [5.74, 6) is 0.723. The van der Waals surface area contributed by atoms with Crippen molar-refractivity contribution in [1.29, 1.82) is 0 Å². The maximum Gasteiger partial charge on any atom is 0.239 e. The molecule has 0 radical (unpaired) electrons. The summed E-state index contributed by atoms with van der Waals surface area (Å²) in [5, 5.41) is 7.10. The summed E-state index contributed by atoms with van der Waals surface area (Å²) in [6.45, 7) is 7.87. The Morgan fingerprint density at radius 3 is 2.95 bits per heavy atom. The van der Waals surface area contributed by atoms with E-state index < -0.39 is 0 Å². The summed E-state index contributed by atoms with van der Waals surface area (Å²) in [5.41, 5.74) is 0.895. The lowest BCUT2D eigenvalue weighted by atomic mass is 10.2. The largest absolute Gasteiger partial charge is 0.376 e. The summed E-state index contributed by atoms with van der Waals surface area (Å²) in [6, 6.07) is 2.14. The van der Waals surface area contributed by atoms with Crippen molar-refractivity contribution in [3.8, 4) is 0 Å². The fourth-order valence-electron chi connectivity index (χ4n) is 2.29. The van der Waals surface area contributed by atoms with Crippen molar-refractivity contribution in [1.82, 2.24) is 14.7 Å². The Morgan fingerprint density at radius 2 is 2.32 bits per heavy atom. The molecule has 1 aliphatic rings. The van der Waals surface area contributed by atoms with E-state index in [1.54, 1.807) is 4.68 Å². The third kappa shape index (κ3) is 3.54. The lowest BCUT2D eigenvalue weighted by Crippen LogP contribution is -2.50. The van der Waals surface area contributed by atoms with Crippen LogP contribution in [0.25, 0.3) is 0 Å². The van der Waals surface area contributed by atoms with Crippen LogP contribution in [-0.4, -0.2) is 52.4 Å². The first-order valence-electron chi connectivity index (χ1n) is 6.62. The quantitative estimate of drug-likeness (QED) is 0.878. The molecule has 6 nitrogen and oxygen atoms in total. The average Bonchev–Trinajstić information content (AvgIpc) is 2.62. The van der Waals surface area contributed by atoms with E-state index in [2.05, 4.69) is 22.2 Å². The topological polar surface area (TPSA) is 59.4 Å². The predicted octanol–water partition coefficient (Wildman–Crippen LogP) is 0.776. The maximum atomic E-state index is 12.1. The van der Waals surface area contributed by atoms with Crippen molar-refractivity contribution >= 4 is 11.7 Å². The monoisotopic (exact) mass is 266 g/mol. The highest BCUT2D eigenvalue weighted by atomic mass is 16.5. The minimum absolute atomic E-state index is 0.0102. The van der Waals surface area contributed by atoms with Crippen molar-refractivity contribution in [3.05, 3.63) is 11.8 Å². The van der Waals surface area contributed by atoms with Crippen molar-refractivity contribution in [2.75, 3.05) is 25.0 Å². The second kappa shape index (κ2) is 5.71. The van der Waals surface area contributed by atoms with Crippen molar-refractivity contribution in [3.63, 3.8) is 0 Å². The highest BCUT2D eigenvalue weighted by Crippen LogP contribution is 2.12. The molecule has 0 spiro atoms. The normalized spacial score (nSPS) is 24.4. The summed E-state index contributed by atoms with van der Waals surface area (Å²) >= 11 is 0. The molecule has 0 saturated carbocycles. The van der Waals surface area contributed by atoms with Crippen molar-refractivity contribution in [2.24, 2.45) is 7.05 Å². The number of aromatic nitrogens is 2. The van der Waals surface area contributed by atoms with Crippen LogP contribution in [-0.2, 0) is 16.6 Å². The summed E-state index contributed by atoms with van der Waals surface area (Å²) in [6.07, 6.45) is 0.183. The standard InChI is InChI=1S/C13H22N4O2/c1-9-5-12(16(4)15-9)14-13(18)7-17-6-11(3)19-8-10(17)2/h5,10-11H,6-8H2,1-4H3,(H,14,18)/t10-,11+/m0/s1. The van der Waals surface area contributed by atoms with E-state index >= 15 is 0 Å². The second-order valence-electron chi connectivity index (χ2n) is 5.27. The lowest BCUT2D eigenvalue weighted by Gasteiger charge is -2.36. The molecule has 2 atom stereocenters. The van der Waals surface area contributed by atoms with Gasteiger partial charge in [0.05, 0.1) is 24.9 Å². The number of ether oxygens (including phenoxy) is 1. The minimum atomic E-state index is -0.0102. The summed E-state index contributed by atoms with van der Waals surface area (Å²) in [4.78, 5) is 14.2. The fraction of sp³-hybridized carbons (Fsp3) is 0.692. The van der Waals surface area contributed by atoms with Gasteiger partial charge in [0.25, 0.3) is 0 Å². The number of hydrogen-bond donors (Lipinski definition) is 1. The number of aryl methyl sites for hydroxylation is 2. The Kier molecular flexibility index (Phi) is 4.21. The van der Waals surface area contributed by atoms with Gasteiger partial charge in [-0.15, -0.1) is 0 Å². The Bertz CT molecular complexity index is 457. The number of nitrogens with one attached hydrogen (secondary N) is 1. The molecule has 0 bridgehead atoms. The zero-order valence-corrected chi connectivity index (χ0v) is 12.0. The van der Waals surface area contributed by atoms with Gasteiger partial charge in [-0.05, 0) is 20.8 Å². The molecule has 1 saturated heterocycles. The van der Waals surface area contributed by atoms with E-state index in [0.717, 1.165) is 18.1 Å². The zero-order valence-electron chi connectivity index (χ0n) is 12.0. The SMILES string of the molecule is Cc1cc(NC(=O)CN2C[C@@H](C)OC[C@@H]2C)n(C)n1. The Labute approximate surface area is 113 Å². The van der Waals surface area contributed by atoms with Gasteiger partial charge in [-0.2, -0.15) is 5.10 Å². The average molecular weight is 266 g/mol. The van der Waals surface area contributed by atoms with Crippen LogP contribution >= 0.6 is 0 Å². The molecule has 2 rings (SSSR count). The molecule has 19 heavy (non-hydrogen) atoms. The first-order valence-corrected chi connectivity index (χ1v) is 6.62. The van der Waals surface area contributed by atoms with Gasteiger partial charge in [0.2, 0.25) is 5.91 Å². The Hall–Kier alpha value is -1.40. The number of anilines is 1. The molecular formula is C13H22N4O2. The summed E-state index contributed by atoms with van der Waals surface area (Å²) in [7, 11) is 1.82. The molecule has 0 unspecified atom stereocenters. The first kappa shape index (κ1) is 14.0. The van der Waals surface area contributed by atoms with E-state index in [0.29, 0.717) is 13.2 Å². The number of nitrogens with zero attached hydrogens (tertiary/aromatic N) is 3. The van der Waals surface area contributed by atoms with E-state index in [4.69, 9.17) is 4.74 Å². The predicted molar refractivity (Wildman–Crippen MR) is 73.0 cm³/mol. The van der Waals surface area contributed by atoms with Crippen LogP contribution in [0.5, 0.6) is 0 Å². The molecule has 6 heteroatoms. The number of amides is 1. The van der Waals surface area contributed by atoms with Crippen LogP contribution in [0.2, 0.25) is 0 Å². The van der Waals surface area contributed by atoms with Crippen molar-refractivity contribution < 1.29 is 9.53 Å². The van der Waals surface area contributed by atoms with Crippen LogP contribution in [0.3, 0.4) is 0 Å². The highest BCUT2D eigenvalue weighted by molar-refractivity contribution is 5.91. The highest BCUT2D eigenvalue weighted by Gasteiger charge is 2.25. The first-order chi connectivity index (χ1) is 8.95. The fourth-order valence-corrected chi connectivity index (χ4v) is 2.29. The van der Waals surface area contributed by atoms with Crippen LogP contribution in [0, 0.1) is 6.92 Å². The van der Waals surface area contributed by atoms with Gasteiger partial charge >= 0.3 is 0 Å². The molecule has 1 aliphatic heterocycles. The number of carbonyl (C=O) groups excluding carboxylic acids is 1. The van der Waals surface area contributed by atoms with Gasteiger partial charge in [0.15, 0.2) is 0 Å². The summed E-state index contributed by atoms with van der Waals surface area (Å²) < 4.78 is 7.23. The van der Waals surface area contributed by atoms with Crippen LogP contribution in [0.15, 0.2) is 6.07 Å². The Morgan fingerprint density at radius 1 is 1.58 bits per heavy atom. The zero-order chi connectivity index (χ0) is 14.0. The van der Waals surface area contributed by atoms with Gasteiger partial charge in [-0.3, -0.25) is 14.4 Å². The number of morpholine rings is 1. The lowest BCUT2D eigenvalue weighted by molar-refractivity contribution is -0.121. The molecule has 106 valence electrons. The molecule has 2 heterocycles. The smallest absolute Gasteiger partial charge is 0.239 e. The number of rotatable bonds is 3. The van der Waals surface area contributed by atoms with Gasteiger partial charge in [0.1, 0.15) is 5.82 Å². The van der Waals surface area contributed by atoms with Gasteiger partial charge in [0, 0.05) is 25.7 Å². The molecule has 1 amide bonds. The molecule has 1 N–H and O–H groups in total. The molecule has 0 aromatic carbocycles. The molecule has 1 aromatic heterocycles. The molecular weight excluding hydrogens is 244 g/mol. The molecule has 1 fully saturated rings. The number of carbonyl (C=O) groups is 1. The van der Waals surface area contributed by atoms with E-state index in [1.165, 1.54) is 0 Å². The van der Waals surface area contributed by atoms with Crippen LogP contribution in [0.1, 0.15) is 19.5 Å². The third-order valence-corrected chi connectivity index (χ3v) is 3.35. The maximum absolute atomic E-state index is 12.1. The third-order valence-electron chi connectivity index (χ3n) is 3.35. The second-order valence-corrected chi connectivity index (χ2v) is 5.27. The number of hydrogen-bond acceptors (Lipinski definition) is 4. The van der Waals surface area contributed by atoms with Gasteiger partial charge in [-0.25, -0.2) is 0 Å².